The molecule has 124 valence electrons. The maximum absolute atomic E-state index is 11.2. The van der Waals surface area contributed by atoms with Crippen molar-refractivity contribution in [3.8, 4) is 0 Å². The fourth-order valence-electron chi connectivity index (χ4n) is 2.04. The van der Waals surface area contributed by atoms with Gasteiger partial charge < -0.3 is 19.7 Å². The maximum Gasteiger partial charge on any atom is 0.305 e. The molecule has 0 amide bonds. The molecule has 0 aromatic heterocycles. The quantitative estimate of drug-likeness (QED) is 0.483. The lowest BCUT2D eigenvalue weighted by atomic mass is 10.0. The first-order valence-electron chi connectivity index (χ1n) is 7.77. The summed E-state index contributed by atoms with van der Waals surface area (Å²) in [4.78, 5) is 11.2. The van der Waals surface area contributed by atoms with Crippen LogP contribution in [0.2, 0.25) is 0 Å². The summed E-state index contributed by atoms with van der Waals surface area (Å²) in [5.74, 6) is -0.347. The van der Waals surface area contributed by atoms with Crippen molar-refractivity contribution in [2.24, 2.45) is 0 Å². The molecule has 0 aliphatic carbocycles. The predicted molar refractivity (Wildman–Crippen MR) is 83.2 cm³/mol. The van der Waals surface area contributed by atoms with E-state index in [1.54, 1.807) is 6.92 Å². The molecule has 2 atom stereocenters. The second kappa shape index (κ2) is 11.2. The van der Waals surface area contributed by atoms with Crippen LogP contribution in [0, 0.1) is 0 Å². The number of ether oxygens (including phenoxy) is 2. The van der Waals surface area contributed by atoms with Gasteiger partial charge in [-0.25, -0.2) is 0 Å². The third-order valence-electron chi connectivity index (χ3n) is 3.29. The highest BCUT2D eigenvalue weighted by molar-refractivity contribution is 5.69. The minimum absolute atomic E-state index is 0.122. The topological polar surface area (TPSA) is 76.0 Å². The van der Waals surface area contributed by atoms with E-state index in [2.05, 4.69) is 0 Å². The fraction of sp³-hybridized carbons (Fsp3) is 0.588. The molecule has 0 aliphatic rings. The summed E-state index contributed by atoms with van der Waals surface area (Å²) in [7, 11) is 0. The summed E-state index contributed by atoms with van der Waals surface area (Å²) < 4.78 is 10.3. The van der Waals surface area contributed by atoms with Gasteiger partial charge in [0.15, 0.2) is 0 Å². The second-order valence-corrected chi connectivity index (χ2v) is 5.16. The van der Waals surface area contributed by atoms with Gasteiger partial charge in [0.05, 0.1) is 25.4 Å². The molecule has 0 bridgehead atoms. The van der Waals surface area contributed by atoms with E-state index in [1.165, 1.54) is 0 Å². The minimum Gasteiger partial charge on any atom is -0.466 e. The first-order valence-corrected chi connectivity index (χ1v) is 7.77. The average Bonchev–Trinajstić information content (AvgIpc) is 2.53. The summed E-state index contributed by atoms with van der Waals surface area (Å²) in [6, 6.07) is 9.87. The molecule has 5 nitrogen and oxygen atoms in total. The smallest absolute Gasteiger partial charge is 0.305 e. The molecule has 1 aromatic carbocycles. The number of hydrogen-bond acceptors (Lipinski definition) is 5. The van der Waals surface area contributed by atoms with Crippen LogP contribution < -0.4 is 0 Å². The summed E-state index contributed by atoms with van der Waals surface area (Å²) >= 11 is 0. The van der Waals surface area contributed by atoms with Crippen LogP contribution in [0.25, 0.3) is 0 Å². The van der Waals surface area contributed by atoms with Gasteiger partial charge in [0.25, 0.3) is 0 Å². The van der Waals surface area contributed by atoms with Gasteiger partial charge in [0.2, 0.25) is 0 Å². The Morgan fingerprint density at radius 3 is 2.50 bits per heavy atom. The Morgan fingerprint density at radius 2 is 1.82 bits per heavy atom. The second-order valence-electron chi connectivity index (χ2n) is 5.16. The lowest BCUT2D eigenvalue weighted by Gasteiger charge is -2.17. The zero-order valence-corrected chi connectivity index (χ0v) is 13.1. The molecule has 0 heterocycles. The molecular weight excluding hydrogens is 284 g/mol. The van der Waals surface area contributed by atoms with Crippen molar-refractivity contribution in [2.75, 3.05) is 13.2 Å². The Bertz CT molecular complexity index is 407. The third kappa shape index (κ3) is 8.12. The lowest BCUT2D eigenvalue weighted by Crippen LogP contribution is -2.27. The van der Waals surface area contributed by atoms with Crippen molar-refractivity contribution in [2.45, 2.75) is 51.4 Å². The van der Waals surface area contributed by atoms with E-state index in [0.29, 0.717) is 32.7 Å². The van der Waals surface area contributed by atoms with Gasteiger partial charge in [-0.1, -0.05) is 30.3 Å². The molecule has 0 spiro atoms. The lowest BCUT2D eigenvalue weighted by molar-refractivity contribution is -0.144. The van der Waals surface area contributed by atoms with Gasteiger partial charge in [-0.15, -0.1) is 0 Å². The minimum atomic E-state index is -0.904. The van der Waals surface area contributed by atoms with Gasteiger partial charge in [-0.3, -0.25) is 4.79 Å². The molecule has 5 heteroatoms. The van der Waals surface area contributed by atoms with Crippen LogP contribution in [0.3, 0.4) is 0 Å². The van der Waals surface area contributed by atoms with Crippen molar-refractivity contribution >= 4 is 5.97 Å². The predicted octanol–water partition coefficient (Wildman–Crippen LogP) is 2.05. The molecule has 0 unspecified atom stereocenters. The van der Waals surface area contributed by atoms with Crippen LogP contribution in [0.4, 0.5) is 0 Å². The molecule has 0 radical (unpaired) electrons. The van der Waals surface area contributed by atoms with Gasteiger partial charge in [-0.2, -0.15) is 0 Å². The fourth-order valence-corrected chi connectivity index (χ4v) is 2.04. The van der Waals surface area contributed by atoms with E-state index in [0.717, 1.165) is 5.56 Å². The first kappa shape index (κ1) is 18.6. The average molecular weight is 310 g/mol. The number of benzene rings is 1. The number of aliphatic hydroxyl groups is 2. The van der Waals surface area contributed by atoms with E-state index in [4.69, 9.17) is 9.47 Å². The Hall–Kier alpha value is -1.43. The molecule has 0 saturated carbocycles. The molecule has 0 saturated heterocycles. The van der Waals surface area contributed by atoms with Crippen molar-refractivity contribution in [1.29, 1.82) is 0 Å². The highest BCUT2D eigenvalue weighted by Crippen LogP contribution is 2.10. The summed E-state index contributed by atoms with van der Waals surface area (Å²) in [6.07, 6.45) is -0.307. The molecule has 0 fully saturated rings. The van der Waals surface area contributed by atoms with Crippen molar-refractivity contribution in [3.05, 3.63) is 35.9 Å². The number of hydrogen-bond donors (Lipinski definition) is 2. The Morgan fingerprint density at radius 1 is 1.14 bits per heavy atom. The van der Waals surface area contributed by atoms with Crippen LogP contribution >= 0.6 is 0 Å². The van der Waals surface area contributed by atoms with Crippen molar-refractivity contribution < 1.29 is 24.5 Å². The SMILES string of the molecule is CCOC(=O)CC[C@H](O)[C@@H](O)CCCOCc1ccccc1. The zero-order chi connectivity index (χ0) is 16.2. The molecule has 1 rings (SSSR count). The highest BCUT2D eigenvalue weighted by Gasteiger charge is 2.17. The van der Waals surface area contributed by atoms with Crippen LogP contribution in [-0.2, 0) is 20.9 Å². The Balaban J connectivity index is 2.07. The zero-order valence-electron chi connectivity index (χ0n) is 13.1. The number of rotatable bonds is 11. The number of esters is 1. The Kier molecular flexibility index (Phi) is 9.46. The standard InChI is InChI=1S/C17H26O5/c1-2-22-17(20)11-10-16(19)15(18)9-6-12-21-13-14-7-4-3-5-8-14/h3-5,7-8,15-16,18-19H,2,6,9-13H2,1H3/t15-,16-/m0/s1. The monoisotopic (exact) mass is 310 g/mol. The normalized spacial score (nSPS) is 13.6. The molecule has 22 heavy (non-hydrogen) atoms. The number of aliphatic hydroxyl groups excluding tert-OH is 2. The number of carbonyl (C=O) groups excluding carboxylic acids is 1. The van der Waals surface area contributed by atoms with E-state index in [-0.39, 0.29) is 18.8 Å². The molecular formula is C17H26O5. The van der Waals surface area contributed by atoms with Gasteiger partial charge in [0.1, 0.15) is 0 Å². The van der Waals surface area contributed by atoms with E-state index in [1.807, 2.05) is 30.3 Å². The third-order valence-corrected chi connectivity index (χ3v) is 3.29. The van der Waals surface area contributed by atoms with Gasteiger partial charge in [0, 0.05) is 13.0 Å². The summed E-state index contributed by atoms with van der Waals surface area (Å²) in [6.45, 7) is 3.13. The Labute approximate surface area is 131 Å². The van der Waals surface area contributed by atoms with Crippen LogP contribution in [0.15, 0.2) is 30.3 Å². The summed E-state index contributed by atoms with van der Waals surface area (Å²) in [5.41, 5.74) is 1.11. The van der Waals surface area contributed by atoms with Crippen molar-refractivity contribution in [3.63, 3.8) is 0 Å². The largest absolute Gasteiger partial charge is 0.466 e. The molecule has 1 aromatic rings. The van der Waals surface area contributed by atoms with Gasteiger partial charge >= 0.3 is 5.97 Å². The van der Waals surface area contributed by atoms with E-state index >= 15 is 0 Å². The maximum atomic E-state index is 11.2. The van der Waals surface area contributed by atoms with Crippen LogP contribution in [0.1, 0.15) is 38.2 Å². The number of carbonyl (C=O) groups is 1. The van der Waals surface area contributed by atoms with Gasteiger partial charge in [-0.05, 0) is 31.7 Å². The summed E-state index contributed by atoms with van der Waals surface area (Å²) in [5, 5.41) is 19.6. The van der Waals surface area contributed by atoms with Crippen molar-refractivity contribution in [1.82, 2.24) is 0 Å². The molecule has 2 N–H and O–H groups in total. The van der Waals surface area contributed by atoms with E-state index in [9.17, 15) is 15.0 Å². The molecule has 0 aliphatic heterocycles. The van der Waals surface area contributed by atoms with E-state index < -0.39 is 12.2 Å². The van der Waals surface area contributed by atoms with Crippen LogP contribution in [-0.4, -0.2) is 41.6 Å². The highest BCUT2D eigenvalue weighted by atomic mass is 16.5. The van der Waals surface area contributed by atoms with Crippen LogP contribution in [0.5, 0.6) is 0 Å². The first-order chi connectivity index (χ1) is 10.6.